The summed E-state index contributed by atoms with van der Waals surface area (Å²) in [5.74, 6) is -0.501. The molecule has 1 rings (SSSR count). The van der Waals surface area contributed by atoms with Crippen LogP contribution >= 0.6 is 15.9 Å². The maximum atomic E-state index is 11.2. The van der Waals surface area contributed by atoms with Gasteiger partial charge in [0, 0.05) is 16.6 Å². The van der Waals surface area contributed by atoms with Crippen molar-refractivity contribution in [2.45, 2.75) is 12.2 Å². The van der Waals surface area contributed by atoms with E-state index in [0.29, 0.717) is 11.1 Å². The van der Waals surface area contributed by atoms with Crippen molar-refractivity contribution in [3.8, 4) is 0 Å². The molecule has 0 aliphatic rings. The lowest BCUT2D eigenvalue weighted by Crippen LogP contribution is -2.20. The van der Waals surface area contributed by atoms with E-state index in [2.05, 4.69) is 20.7 Å². The van der Waals surface area contributed by atoms with Gasteiger partial charge in [0.25, 0.3) is 0 Å². The molecular formula is C11H14BrNO4. The van der Waals surface area contributed by atoms with E-state index in [1.807, 2.05) is 0 Å². The highest BCUT2D eigenvalue weighted by Gasteiger charge is 2.20. The number of carbonyl (C=O) groups excluding carboxylic acids is 1. The minimum atomic E-state index is -1.10. The molecule has 0 aromatic heterocycles. The number of nitrogen functional groups attached to an aromatic ring is 1. The summed E-state index contributed by atoms with van der Waals surface area (Å²) in [4.78, 5) is 11.2. The molecule has 0 fully saturated rings. The van der Waals surface area contributed by atoms with Crippen molar-refractivity contribution in [2.24, 2.45) is 0 Å². The van der Waals surface area contributed by atoms with E-state index in [1.54, 1.807) is 0 Å². The molecule has 0 heterocycles. The van der Waals surface area contributed by atoms with Crippen molar-refractivity contribution in [3.63, 3.8) is 0 Å². The van der Waals surface area contributed by atoms with E-state index < -0.39 is 18.2 Å². The van der Waals surface area contributed by atoms with E-state index in [0.717, 1.165) is 0 Å². The molecule has 5 nitrogen and oxygen atoms in total. The molecular weight excluding hydrogens is 290 g/mol. The lowest BCUT2D eigenvalue weighted by atomic mass is 10.0. The Labute approximate surface area is 107 Å². The number of alkyl halides is 1. The molecule has 0 spiro atoms. The Balaban J connectivity index is 3.01. The van der Waals surface area contributed by atoms with Gasteiger partial charge in [-0.05, 0) is 12.1 Å². The van der Waals surface area contributed by atoms with Crippen LogP contribution < -0.4 is 5.73 Å². The smallest absolute Gasteiger partial charge is 0.337 e. The predicted molar refractivity (Wildman–Crippen MR) is 67.0 cm³/mol. The van der Waals surface area contributed by atoms with Crippen molar-refractivity contribution in [3.05, 3.63) is 29.3 Å². The van der Waals surface area contributed by atoms with E-state index in [9.17, 15) is 15.0 Å². The summed E-state index contributed by atoms with van der Waals surface area (Å²) >= 11 is 3.06. The van der Waals surface area contributed by atoms with Gasteiger partial charge in [-0.25, -0.2) is 4.79 Å². The highest BCUT2D eigenvalue weighted by atomic mass is 79.9. The number of benzene rings is 1. The third-order valence-electron chi connectivity index (χ3n) is 2.35. The number of aliphatic hydroxyl groups is 2. The number of anilines is 1. The summed E-state index contributed by atoms with van der Waals surface area (Å²) in [5, 5.41) is 19.5. The molecule has 0 saturated heterocycles. The number of hydrogen-bond donors (Lipinski definition) is 3. The minimum absolute atomic E-state index is 0.229. The van der Waals surface area contributed by atoms with Crippen LogP contribution in [0.2, 0.25) is 0 Å². The van der Waals surface area contributed by atoms with Gasteiger partial charge in [0.1, 0.15) is 6.10 Å². The molecule has 4 N–H and O–H groups in total. The third kappa shape index (κ3) is 3.18. The molecule has 0 radical (unpaired) electrons. The first-order valence-electron chi connectivity index (χ1n) is 4.91. The summed E-state index contributed by atoms with van der Waals surface area (Å²) in [6, 6.07) is 4.39. The summed E-state index contributed by atoms with van der Waals surface area (Å²) in [6.45, 7) is 0. The molecule has 17 heavy (non-hydrogen) atoms. The van der Waals surface area contributed by atoms with Crippen LogP contribution in [0.25, 0.3) is 0 Å². The van der Waals surface area contributed by atoms with Crippen molar-refractivity contribution in [1.82, 2.24) is 0 Å². The van der Waals surface area contributed by atoms with Crippen LogP contribution in [-0.4, -0.2) is 34.7 Å². The van der Waals surface area contributed by atoms with Crippen LogP contribution in [0.4, 0.5) is 5.69 Å². The molecule has 0 aliphatic carbocycles. The van der Waals surface area contributed by atoms with Crippen LogP contribution in [-0.2, 0) is 4.74 Å². The Morgan fingerprint density at radius 1 is 1.53 bits per heavy atom. The first kappa shape index (κ1) is 14.0. The van der Waals surface area contributed by atoms with Gasteiger partial charge in [-0.15, -0.1) is 0 Å². The number of rotatable bonds is 4. The SMILES string of the molecule is COC(=O)c1ccc(C(O)C(O)CBr)c(N)c1. The first-order chi connectivity index (χ1) is 8.01. The second kappa shape index (κ2) is 6.00. The fourth-order valence-electron chi connectivity index (χ4n) is 1.38. The van der Waals surface area contributed by atoms with E-state index in [1.165, 1.54) is 25.3 Å². The molecule has 94 valence electrons. The van der Waals surface area contributed by atoms with E-state index in [-0.39, 0.29) is 11.0 Å². The number of hydrogen-bond acceptors (Lipinski definition) is 5. The molecule has 6 heteroatoms. The zero-order chi connectivity index (χ0) is 13.0. The molecule has 0 saturated carbocycles. The van der Waals surface area contributed by atoms with Gasteiger partial charge < -0.3 is 20.7 Å². The second-order valence-electron chi connectivity index (χ2n) is 3.50. The zero-order valence-corrected chi connectivity index (χ0v) is 10.8. The lowest BCUT2D eigenvalue weighted by Gasteiger charge is -2.18. The number of halogens is 1. The van der Waals surface area contributed by atoms with Gasteiger partial charge in [-0.2, -0.15) is 0 Å². The second-order valence-corrected chi connectivity index (χ2v) is 4.15. The van der Waals surface area contributed by atoms with Crippen LogP contribution in [0.1, 0.15) is 22.0 Å². The monoisotopic (exact) mass is 303 g/mol. The zero-order valence-electron chi connectivity index (χ0n) is 9.26. The summed E-state index contributed by atoms with van der Waals surface area (Å²) in [5.41, 5.74) is 6.63. The average Bonchev–Trinajstić information content (AvgIpc) is 2.35. The summed E-state index contributed by atoms with van der Waals surface area (Å²) < 4.78 is 4.55. The fraction of sp³-hybridized carbons (Fsp3) is 0.364. The summed E-state index contributed by atoms with van der Waals surface area (Å²) in [6.07, 6.45) is -2.05. The molecule has 1 aromatic carbocycles. The quantitative estimate of drug-likeness (QED) is 0.435. The van der Waals surface area contributed by atoms with Gasteiger partial charge in [0.15, 0.2) is 0 Å². The van der Waals surface area contributed by atoms with Gasteiger partial charge >= 0.3 is 5.97 Å². The largest absolute Gasteiger partial charge is 0.465 e. The Hall–Kier alpha value is -1.11. The van der Waals surface area contributed by atoms with Crippen molar-refractivity contribution < 1.29 is 19.7 Å². The van der Waals surface area contributed by atoms with Gasteiger partial charge in [-0.3, -0.25) is 0 Å². The normalized spacial score (nSPS) is 14.1. The average molecular weight is 304 g/mol. The lowest BCUT2D eigenvalue weighted by molar-refractivity contribution is 0.0347. The number of methoxy groups -OCH3 is 1. The van der Waals surface area contributed by atoms with Crippen LogP contribution in [0, 0.1) is 0 Å². The van der Waals surface area contributed by atoms with Crippen LogP contribution in [0.5, 0.6) is 0 Å². The highest BCUT2D eigenvalue weighted by Crippen LogP contribution is 2.25. The molecule has 1 aromatic rings. The number of aliphatic hydroxyl groups excluding tert-OH is 2. The third-order valence-corrected chi connectivity index (χ3v) is 3.01. The Bertz CT molecular complexity index is 410. The van der Waals surface area contributed by atoms with E-state index >= 15 is 0 Å². The Morgan fingerprint density at radius 3 is 2.65 bits per heavy atom. The number of nitrogens with two attached hydrogens (primary N) is 1. The highest BCUT2D eigenvalue weighted by molar-refractivity contribution is 9.09. The number of ether oxygens (including phenoxy) is 1. The van der Waals surface area contributed by atoms with Crippen molar-refractivity contribution >= 4 is 27.6 Å². The van der Waals surface area contributed by atoms with Crippen molar-refractivity contribution in [2.75, 3.05) is 18.2 Å². The first-order valence-corrected chi connectivity index (χ1v) is 6.03. The van der Waals surface area contributed by atoms with Crippen molar-refractivity contribution in [1.29, 1.82) is 0 Å². The maximum absolute atomic E-state index is 11.2. The summed E-state index contributed by atoms with van der Waals surface area (Å²) in [7, 11) is 1.27. The Morgan fingerprint density at radius 2 is 2.18 bits per heavy atom. The topological polar surface area (TPSA) is 92.8 Å². The molecule has 2 atom stereocenters. The maximum Gasteiger partial charge on any atom is 0.337 e. The minimum Gasteiger partial charge on any atom is -0.465 e. The predicted octanol–water partition coefficient (Wildman–Crippen LogP) is 0.845. The molecule has 0 amide bonds. The standard InChI is InChI=1S/C11H14BrNO4/c1-17-11(16)6-2-3-7(8(13)4-6)10(15)9(14)5-12/h2-4,9-10,14-15H,5,13H2,1H3. The molecule has 2 unspecified atom stereocenters. The van der Waals surface area contributed by atoms with Gasteiger partial charge in [0.05, 0.1) is 18.8 Å². The molecule has 0 bridgehead atoms. The number of carbonyl (C=O) groups is 1. The van der Waals surface area contributed by atoms with E-state index in [4.69, 9.17) is 5.73 Å². The molecule has 0 aliphatic heterocycles. The van der Waals surface area contributed by atoms with Crippen LogP contribution in [0.3, 0.4) is 0 Å². The van der Waals surface area contributed by atoms with Gasteiger partial charge in [-0.1, -0.05) is 22.0 Å². The Kier molecular flexibility index (Phi) is 4.92. The van der Waals surface area contributed by atoms with Gasteiger partial charge in [0.2, 0.25) is 0 Å². The number of esters is 1. The van der Waals surface area contributed by atoms with Crippen LogP contribution in [0.15, 0.2) is 18.2 Å². The fourth-order valence-corrected chi connectivity index (χ4v) is 1.73.